The summed E-state index contributed by atoms with van der Waals surface area (Å²) in [6.07, 6.45) is -1.03. The van der Waals surface area contributed by atoms with Gasteiger partial charge in [-0.05, 0) is 48.9 Å². The van der Waals surface area contributed by atoms with Gasteiger partial charge in [0.05, 0.1) is 25.7 Å². The van der Waals surface area contributed by atoms with Gasteiger partial charge in [0.15, 0.2) is 17.6 Å². The fourth-order valence-electron chi connectivity index (χ4n) is 4.09. The fraction of sp³-hybridized carbons (Fsp3) is 0.250. The highest BCUT2D eigenvalue weighted by Crippen LogP contribution is 2.48. The Morgan fingerprint density at radius 3 is 2.55 bits per heavy atom. The molecule has 9 heteroatoms. The van der Waals surface area contributed by atoms with E-state index in [0.29, 0.717) is 45.8 Å². The Bertz CT molecular complexity index is 1280. The van der Waals surface area contributed by atoms with E-state index in [2.05, 4.69) is 5.32 Å². The molecule has 1 amide bonds. The summed E-state index contributed by atoms with van der Waals surface area (Å²) in [6, 6.07) is 11.9. The van der Waals surface area contributed by atoms with Crippen LogP contribution in [-0.2, 0) is 4.79 Å². The fourth-order valence-corrected chi connectivity index (χ4v) is 4.09. The number of ether oxygens (including phenoxy) is 5. The van der Waals surface area contributed by atoms with Crippen LogP contribution in [-0.4, -0.2) is 33.0 Å². The minimum Gasteiger partial charge on any atom is -0.497 e. The van der Waals surface area contributed by atoms with Gasteiger partial charge >= 0.3 is 5.63 Å². The Morgan fingerprint density at radius 1 is 1.03 bits per heavy atom. The summed E-state index contributed by atoms with van der Waals surface area (Å²) in [4.78, 5) is 26.1. The lowest BCUT2D eigenvalue weighted by atomic mass is 9.88. The molecule has 170 valence electrons. The zero-order chi connectivity index (χ0) is 23.1. The molecule has 0 unspecified atom stereocenters. The van der Waals surface area contributed by atoms with Crippen molar-refractivity contribution in [2.75, 3.05) is 26.3 Å². The third-order valence-electron chi connectivity index (χ3n) is 5.60. The average molecular weight is 451 g/mol. The molecule has 2 aliphatic heterocycles. The van der Waals surface area contributed by atoms with Crippen LogP contribution in [0.3, 0.4) is 0 Å². The van der Waals surface area contributed by atoms with Gasteiger partial charge in [-0.1, -0.05) is 0 Å². The van der Waals surface area contributed by atoms with Gasteiger partial charge in [-0.2, -0.15) is 0 Å². The molecule has 2 aromatic carbocycles. The molecule has 3 heterocycles. The first-order chi connectivity index (χ1) is 16.0. The molecular formula is C24H21NO8. The van der Waals surface area contributed by atoms with Crippen LogP contribution < -0.4 is 34.6 Å². The van der Waals surface area contributed by atoms with Gasteiger partial charge in [-0.25, -0.2) is 4.79 Å². The molecule has 1 N–H and O–H groups in total. The Hall–Kier alpha value is -4.14. The summed E-state index contributed by atoms with van der Waals surface area (Å²) in [5.41, 5.74) is 0.856. The molecular weight excluding hydrogens is 430 g/mol. The molecule has 0 fully saturated rings. The van der Waals surface area contributed by atoms with E-state index in [4.69, 9.17) is 28.1 Å². The van der Waals surface area contributed by atoms with E-state index in [1.807, 2.05) is 0 Å². The Balaban J connectivity index is 1.56. The van der Waals surface area contributed by atoms with Gasteiger partial charge in [0.2, 0.25) is 12.5 Å². The second-order valence-corrected chi connectivity index (χ2v) is 7.61. The van der Waals surface area contributed by atoms with E-state index < -0.39 is 23.6 Å². The average Bonchev–Trinajstić information content (AvgIpc) is 3.43. The molecule has 3 aromatic rings. The van der Waals surface area contributed by atoms with Crippen molar-refractivity contribution >= 4 is 11.6 Å². The maximum absolute atomic E-state index is 13.3. The van der Waals surface area contributed by atoms with Crippen LogP contribution in [0.1, 0.15) is 22.8 Å². The van der Waals surface area contributed by atoms with Crippen LogP contribution in [0.5, 0.6) is 28.7 Å². The summed E-state index contributed by atoms with van der Waals surface area (Å²) >= 11 is 0. The SMILES string of the molecule is COc1ccc(NC(=O)[C@@H]2Oc3cc(C)oc(=O)c3[C@H]2c2cc(OC)c3c(c2)OCO3)cc1. The number of methoxy groups -OCH3 is 2. The third kappa shape index (κ3) is 3.61. The molecule has 0 aliphatic carbocycles. The topological polar surface area (TPSA) is 105 Å². The van der Waals surface area contributed by atoms with Crippen molar-refractivity contribution in [3.8, 4) is 28.7 Å². The number of hydrogen-bond acceptors (Lipinski definition) is 8. The van der Waals surface area contributed by atoms with Crippen LogP contribution in [0, 0.1) is 6.92 Å². The van der Waals surface area contributed by atoms with E-state index in [-0.39, 0.29) is 12.4 Å². The number of benzene rings is 2. The Labute approximate surface area is 188 Å². The zero-order valence-corrected chi connectivity index (χ0v) is 18.2. The molecule has 2 aliphatic rings. The third-order valence-corrected chi connectivity index (χ3v) is 5.60. The first kappa shape index (κ1) is 20.7. The molecule has 0 bridgehead atoms. The number of rotatable bonds is 5. The van der Waals surface area contributed by atoms with Crippen molar-refractivity contribution in [3.63, 3.8) is 0 Å². The van der Waals surface area contributed by atoms with Crippen molar-refractivity contribution < 1.29 is 32.9 Å². The number of hydrogen-bond donors (Lipinski definition) is 1. The molecule has 1 aromatic heterocycles. The van der Waals surface area contributed by atoms with E-state index in [1.54, 1.807) is 56.5 Å². The lowest BCUT2D eigenvalue weighted by Gasteiger charge is -2.20. The second-order valence-electron chi connectivity index (χ2n) is 7.61. The number of carbonyl (C=O) groups is 1. The zero-order valence-electron chi connectivity index (χ0n) is 18.2. The maximum Gasteiger partial charge on any atom is 0.343 e. The highest BCUT2D eigenvalue weighted by atomic mass is 16.7. The number of aryl methyl sites for hydroxylation is 1. The van der Waals surface area contributed by atoms with Gasteiger partial charge in [0, 0.05) is 11.8 Å². The van der Waals surface area contributed by atoms with Crippen molar-refractivity contribution in [1.29, 1.82) is 0 Å². The molecule has 0 saturated carbocycles. The predicted molar refractivity (Wildman–Crippen MR) is 117 cm³/mol. The first-order valence-corrected chi connectivity index (χ1v) is 10.2. The molecule has 5 rings (SSSR count). The van der Waals surface area contributed by atoms with Gasteiger partial charge in [0.25, 0.3) is 5.91 Å². The summed E-state index contributed by atoms with van der Waals surface area (Å²) in [6.45, 7) is 1.70. The summed E-state index contributed by atoms with van der Waals surface area (Å²) in [7, 11) is 3.07. The maximum atomic E-state index is 13.3. The number of carbonyl (C=O) groups excluding carboxylic acids is 1. The number of anilines is 1. The standard InChI is InChI=1S/C24H21NO8/c1-12-8-16-20(24(27)32-12)19(13-9-17(29-3)21-18(10-13)30-11-31-21)22(33-16)23(26)25-14-4-6-15(28-2)7-5-14/h4-10,19,22H,11H2,1-3H3,(H,25,26)/t19-,22-/m1/s1. The highest BCUT2D eigenvalue weighted by molar-refractivity contribution is 5.96. The van der Waals surface area contributed by atoms with Crippen molar-refractivity contribution in [2.24, 2.45) is 0 Å². The minimum absolute atomic E-state index is 0.0512. The largest absolute Gasteiger partial charge is 0.497 e. The Morgan fingerprint density at radius 2 is 1.82 bits per heavy atom. The summed E-state index contributed by atoms with van der Waals surface area (Å²) < 4.78 is 32.9. The normalized spacial score (nSPS) is 17.8. The molecule has 33 heavy (non-hydrogen) atoms. The van der Waals surface area contributed by atoms with Crippen LogP contribution in [0.4, 0.5) is 5.69 Å². The number of amides is 1. The molecule has 0 spiro atoms. The van der Waals surface area contributed by atoms with E-state index in [1.165, 1.54) is 7.11 Å². The lowest BCUT2D eigenvalue weighted by molar-refractivity contribution is -0.122. The molecule has 9 nitrogen and oxygen atoms in total. The molecule has 2 atom stereocenters. The summed E-state index contributed by atoms with van der Waals surface area (Å²) in [5, 5.41) is 2.85. The Kier molecular flexibility index (Phi) is 5.08. The van der Waals surface area contributed by atoms with Crippen molar-refractivity contribution in [3.05, 3.63) is 69.8 Å². The van der Waals surface area contributed by atoms with Crippen LogP contribution in [0.15, 0.2) is 51.7 Å². The van der Waals surface area contributed by atoms with Gasteiger partial charge in [-0.15, -0.1) is 0 Å². The van der Waals surface area contributed by atoms with Crippen LogP contribution in [0.25, 0.3) is 0 Å². The predicted octanol–water partition coefficient (Wildman–Crippen LogP) is 3.23. The van der Waals surface area contributed by atoms with Crippen molar-refractivity contribution in [1.82, 2.24) is 0 Å². The quantitative estimate of drug-likeness (QED) is 0.630. The summed E-state index contributed by atoms with van der Waals surface area (Å²) in [5.74, 6) is 1.54. The minimum atomic E-state index is -1.03. The lowest BCUT2D eigenvalue weighted by Crippen LogP contribution is -2.35. The molecule has 0 radical (unpaired) electrons. The molecule has 0 saturated heterocycles. The van der Waals surface area contributed by atoms with Crippen LogP contribution >= 0.6 is 0 Å². The monoisotopic (exact) mass is 451 g/mol. The van der Waals surface area contributed by atoms with Gasteiger partial charge < -0.3 is 33.4 Å². The highest BCUT2D eigenvalue weighted by Gasteiger charge is 2.44. The van der Waals surface area contributed by atoms with E-state index in [9.17, 15) is 9.59 Å². The van der Waals surface area contributed by atoms with Gasteiger partial charge in [-0.3, -0.25) is 4.79 Å². The first-order valence-electron chi connectivity index (χ1n) is 10.2. The van der Waals surface area contributed by atoms with E-state index >= 15 is 0 Å². The van der Waals surface area contributed by atoms with Crippen molar-refractivity contribution in [2.45, 2.75) is 18.9 Å². The van der Waals surface area contributed by atoms with Gasteiger partial charge in [0.1, 0.15) is 17.3 Å². The van der Waals surface area contributed by atoms with Crippen LogP contribution in [0.2, 0.25) is 0 Å². The second kappa shape index (κ2) is 8.09. The number of nitrogens with one attached hydrogen (secondary N) is 1. The number of fused-ring (bicyclic) bond motifs is 2. The van der Waals surface area contributed by atoms with E-state index in [0.717, 1.165) is 0 Å². The smallest absolute Gasteiger partial charge is 0.343 e.